The molecule has 0 unspecified atom stereocenters. The van der Waals surface area contributed by atoms with Crippen LogP contribution >= 0.6 is 0 Å². The summed E-state index contributed by atoms with van der Waals surface area (Å²) in [7, 11) is 0. The molecule has 2 aromatic heterocycles. The molecule has 0 aliphatic carbocycles. The summed E-state index contributed by atoms with van der Waals surface area (Å²) in [6.45, 7) is 0.0879. The topological polar surface area (TPSA) is 76.1 Å². The third kappa shape index (κ3) is 4.07. The molecule has 2 aromatic carbocycles. The summed E-state index contributed by atoms with van der Waals surface area (Å²) in [6.07, 6.45) is 5.02. The first-order valence-electron chi connectivity index (χ1n) is 8.84. The molecule has 6 nitrogen and oxygen atoms in total. The number of carbonyl (C=O) groups excluding carboxylic acids is 1. The lowest BCUT2D eigenvalue weighted by Gasteiger charge is -2.13. The number of pyridine rings is 2. The van der Waals surface area contributed by atoms with Gasteiger partial charge in [0.2, 0.25) is 5.91 Å². The van der Waals surface area contributed by atoms with Gasteiger partial charge in [0.25, 0.3) is 0 Å². The Hall–Kier alpha value is -3.93. The van der Waals surface area contributed by atoms with Gasteiger partial charge in [0.15, 0.2) is 5.75 Å². The summed E-state index contributed by atoms with van der Waals surface area (Å²) in [5.41, 5.74) is 0.594. The summed E-state index contributed by atoms with van der Waals surface area (Å²) in [6, 6.07) is 20.6. The number of nitrogens with one attached hydrogen (secondary N) is 2. The van der Waals surface area contributed by atoms with Gasteiger partial charge in [-0.25, -0.2) is 4.98 Å². The molecule has 0 aliphatic heterocycles. The number of carbonyl (C=O) groups is 1. The summed E-state index contributed by atoms with van der Waals surface area (Å²) >= 11 is 0. The standard InChI is InChI=1S/C22H18N4O2/c27-21(15-25-22-18-6-2-1-5-16(18)9-14-24-22)26-19-7-3-4-8-20(19)28-17-10-12-23-13-11-17/h1-14H,15H2,(H,24,25)(H,26,27). The number of anilines is 2. The average molecular weight is 370 g/mol. The zero-order valence-corrected chi connectivity index (χ0v) is 15.0. The van der Waals surface area contributed by atoms with E-state index in [2.05, 4.69) is 20.6 Å². The van der Waals surface area contributed by atoms with Gasteiger partial charge in [-0.3, -0.25) is 9.78 Å². The molecule has 28 heavy (non-hydrogen) atoms. The van der Waals surface area contributed by atoms with Crippen molar-refractivity contribution in [3.05, 3.63) is 85.3 Å². The van der Waals surface area contributed by atoms with Crippen LogP contribution in [0.3, 0.4) is 0 Å². The minimum atomic E-state index is -0.194. The third-order valence-corrected chi connectivity index (χ3v) is 4.13. The smallest absolute Gasteiger partial charge is 0.243 e. The van der Waals surface area contributed by atoms with Crippen molar-refractivity contribution >= 4 is 28.2 Å². The first-order chi connectivity index (χ1) is 13.8. The number of hydrogen-bond acceptors (Lipinski definition) is 5. The van der Waals surface area contributed by atoms with Gasteiger partial charge in [0.1, 0.15) is 11.6 Å². The molecule has 0 radical (unpaired) electrons. The summed E-state index contributed by atoms with van der Waals surface area (Å²) < 4.78 is 5.84. The van der Waals surface area contributed by atoms with Gasteiger partial charge in [-0.1, -0.05) is 36.4 Å². The fourth-order valence-electron chi connectivity index (χ4n) is 2.81. The first kappa shape index (κ1) is 17.5. The number of rotatable bonds is 6. The normalized spacial score (nSPS) is 10.4. The van der Waals surface area contributed by atoms with Crippen molar-refractivity contribution in [1.82, 2.24) is 9.97 Å². The number of ether oxygens (including phenoxy) is 1. The third-order valence-electron chi connectivity index (χ3n) is 4.13. The van der Waals surface area contributed by atoms with E-state index in [1.54, 1.807) is 42.9 Å². The van der Waals surface area contributed by atoms with Gasteiger partial charge in [-0.05, 0) is 35.7 Å². The van der Waals surface area contributed by atoms with Gasteiger partial charge < -0.3 is 15.4 Å². The number of fused-ring (bicyclic) bond motifs is 1. The van der Waals surface area contributed by atoms with Gasteiger partial charge in [0, 0.05) is 24.0 Å². The number of hydrogen-bond donors (Lipinski definition) is 2. The van der Waals surface area contributed by atoms with Crippen molar-refractivity contribution in [2.75, 3.05) is 17.2 Å². The van der Waals surface area contributed by atoms with E-state index in [1.807, 2.05) is 42.5 Å². The van der Waals surface area contributed by atoms with E-state index < -0.39 is 0 Å². The van der Waals surface area contributed by atoms with Gasteiger partial charge >= 0.3 is 0 Å². The second kappa shape index (κ2) is 8.18. The van der Waals surface area contributed by atoms with Crippen LogP contribution in [0.2, 0.25) is 0 Å². The molecule has 1 amide bonds. The lowest BCUT2D eigenvalue weighted by molar-refractivity contribution is -0.114. The second-order valence-electron chi connectivity index (χ2n) is 6.06. The predicted octanol–water partition coefficient (Wildman–Crippen LogP) is 4.47. The lowest BCUT2D eigenvalue weighted by atomic mass is 10.1. The van der Waals surface area contributed by atoms with Crippen LogP contribution in [-0.2, 0) is 4.79 Å². The van der Waals surface area contributed by atoms with Crippen molar-refractivity contribution in [3.8, 4) is 11.5 Å². The monoisotopic (exact) mass is 370 g/mol. The number of aromatic nitrogens is 2. The quantitative estimate of drug-likeness (QED) is 0.524. The van der Waals surface area contributed by atoms with E-state index in [4.69, 9.17) is 4.74 Å². The number of nitrogens with zero attached hydrogens (tertiary/aromatic N) is 2. The molecular formula is C22H18N4O2. The van der Waals surface area contributed by atoms with E-state index in [9.17, 15) is 4.79 Å². The van der Waals surface area contributed by atoms with E-state index >= 15 is 0 Å². The summed E-state index contributed by atoms with van der Waals surface area (Å²) in [4.78, 5) is 20.8. The molecule has 0 fully saturated rings. The molecule has 2 N–H and O–H groups in total. The van der Waals surface area contributed by atoms with Crippen LogP contribution in [-0.4, -0.2) is 22.4 Å². The Kier molecular flexibility index (Phi) is 5.11. The molecule has 0 saturated carbocycles. The molecule has 4 aromatic rings. The molecule has 6 heteroatoms. The Labute approximate surface area is 162 Å². The molecule has 2 heterocycles. The molecule has 138 valence electrons. The zero-order valence-electron chi connectivity index (χ0n) is 15.0. The van der Waals surface area contributed by atoms with Crippen LogP contribution in [0.25, 0.3) is 10.8 Å². The molecular weight excluding hydrogens is 352 g/mol. The molecule has 0 aliphatic rings. The average Bonchev–Trinajstić information content (AvgIpc) is 2.74. The van der Waals surface area contributed by atoms with Crippen molar-refractivity contribution in [3.63, 3.8) is 0 Å². The Balaban J connectivity index is 1.44. The van der Waals surface area contributed by atoms with Crippen molar-refractivity contribution in [1.29, 1.82) is 0 Å². The minimum Gasteiger partial charge on any atom is -0.455 e. The number of benzene rings is 2. The number of para-hydroxylation sites is 2. The molecule has 4 rings (SSSR count). The largest absolute Gasteiger partial charge is 0.455 e. The predicted molar refractivity (Wildman–Crippen MR) is 110 cm³/mol. The van der Waals surface area contributed by atoms with E-state index in [0.717, 1.165) is 10.8 Å². The minimum absolute atomic E-state index is 0.0879. The van der Waals surface area contributed by atoms with Crippen molar-refractivity contribution in [2.24, 2.45) is 0 Å². The SMILES string of the molecule is O=C(CNc1nccc2ccccc12)Nc1ccccc1Oc1ccncc1. The Bertz CT molecular complexity index is 1090. The fourth-order valence-corrected chi connectivity index (χ4v) is 2.81. The highest BCUT2D eigenvalue weighted by molar-refractivity contribution is 5.97. The van der Waals surface area contributed by atoms with E-state index in [-0.39, 0.29) is 12.5 Å². The van der Waals surface area contributed by atoms with E-state index in [0.29, 0.717) is 23.0 Å². The van der Waals surface area contributed by atoms with Gasteiger partial charge in [-0.15, -0.1) is 0 Å². The highest BCUT2D eigenvalue weighted by Crippen LogP contribution is 2.29. The van der Waals surface area contributed by atoms with Gasteiger partial charge in [-0.2, -0.15) is 0 Å². The molecule has 0 atom stereocenters. The van der Waals surface area contributed by atoms with Gasteiger partial charge in [0.05, 0.1) is 12.2 Å². The van der Waals surface area contributed by atoms with Crippen molar-refractivity contribution in [2.45, 2.75) is 0 Å². The van der Waals surface area contributed by atoms with Crippen molar-refractivity contribution < 1.29 is 9.53 Å². The molecule has 0 saturated heterocycles. The summed E-state index contributed by atoms with van der Waals surface area (Å²) in [5, 5.41) is 8.02. The number of amides is 1. The summed E-state index contributed by atoms with van der Waals surface area (Å²) in [5.74, 6) is 1.69. The maximum absolute atomic E-state index is 12.5. The zero-order chi connectivity index (χ0) is 19.2. The van der Waals surface area contributed by atoms with Crippen LogP contribution < -0.4 is 15.4 Å². The molecule has 0 spiro atoms. The van der Waals surface area contributed by atoms with Crippen LogP contribution in [0.4, 0.5) is 11.5 Å². The highest BCUT2D eigenvalue weighted by atomic mass is 16.5. The van der Waals surface area contributed by atoms with Crippen LogP contribution in [0.1, 0.15) is 0 Å². The fraction of sp³-hybridized carbons (Fsp3) is 0.0455. The highest BCUT2D eigenvalue weighted by Gasteiger charge is 2.09. The maximum atomic E-state index is 12.5. The Morgan fingerprint density at radius 1 is 0.893 bits per heavy atom. The second-order valence-corrected chi connectivity index (χ2v) is 6.06. The Morgan fingerprint density at radius 2 is 1.68 bits per heavy atom. The van der Waals surface area contributed by atoms with E-state index in [1.165, 1.54) is 0 Å². The van der Waals surface area contributed by atoms with Crippen LogP contribution in [0, 0.1) is 0 Å². The first-order valence-corrected chi connectivity index (χ1v) is 8.84. The maximum Gasteiger partial charge on any atom is 0.243 e. The van der Waals surface area contributed by atoms with Crippen LogP contribution in [0.15, 0.2) is 85.3 Å². The van der Waals surface area contributed by atoms with Crippen LogP contribution in [0.5, 0.6) is 11.5 Å². The molecule has 0 bridgehead atoms. The Morgan fingerprint density at radius 3 is 2.57 bits per heavy atom. The lowest BCUT2D eigenvalue weighted by Crippen LogP contribution is -2.22.